The number of nitrogens with zero attached hydrogens (tertiary/aromatic N) is 1. The molecule has 1 N–H and O–H groups in total. The van der Waals surface area contributed by atoms with Crippen molar-refractivity contribution in [1.29, 1.82) is 0 Å². The smallest absolute Gasteiger partial charge is 0.122 e. The molecule has 0 bridgehead atoms. The molecule has 1 unspecified atom stereocenters. The van der Waals surface area contributed by atoms with Crippen LogP contribution in [0.3, 0.4) is 0 Å². The van der Waals surface area contributed by atoms with Crippen LogP contribution in [0.25, 0.3) is 0 Å². The third-order valence-corrected chi connectivity index (χ3v) is 2.80. The fourth-order valence-corrected chi connectivity index (χ4v) is 1.77. The molecule has 1 aromatic carbocycles. The first kappa shape index (κ1) is 11.9. The molecule has 1 aromatic heterocycles. The molecule has 1 heterocycles. The number of aliphatic hydroxyl groups is 1. The van der Waals surface area contributed by atoms with Gasteiger partial charge in [0.25, 0.3) is 0 Å². The Bertz CT molecular complexity index is 499. The van der Waals surface area contributed by atoms with Gasteiger partial charge in [-0.05, 0) is 29.8 Å². The Labute approximate surface area is 105 Å². The lowest BCUT2D eigenvalue weighted by Gasteiger charge is -2.12. The van der Waals surface area contributed by atoms with Gasteiger partial charge in [-0.2, -0.15) is 0 Å². The Morgan fingerprint density at radius 2 is 1.94 bits per heavy atom. The highest BCUT2D eigenvalue weighted by Crippen LogP contribution is 2.27. The molecule has 1 atom stereocenters. The van der Waals surface area contributed by atoms with E-state index < -0.39 is 6.10 Å². The number of halogens is 1. The summed E-state index contributed by atoms with van der Waals surface area (Å²) in [5.41, 5.74) is 1.19. The lowest BCUT2D eigenvalue weighted by atomic mass is 10.1. The molecule has 0 saturated carbocycles. The summed E-state index contributed by atoms with van der Waals surface area (Å²) in [5, 5.41) is 10.6. The average molecular weight is 250 g/mol. The van der Waals surface area contributed by atoms with E-state index in [1.807, 2.05) is 0 Å². The zero-order valence-electron chi connectivity index (χ0n) is 9.30. The quantitative estimate of drug-likeness (QED) is 0.910. The molecule has 0 radical (unpaired) electrons. The Hall–Kier alpha value is -1.58. The van der Waals surface area contributed by atoms with Gasteiger partial charge in [0.05, 0.1) is 17.8 Å². The molecule has 3 nitrogen and oxygen atoms in total. The van der Waals surface area contributed by atoms with Gasteiger partial charge in [-0.1, -0.05) is 23.7 Å². The van der Waals surface area contributed by atoms with Crippen LogP contribution in [0.15, 0.2) is 42.6 Å². The molecular weight excluding hydrogens is 238 g/mol. The predicted octanol–water partition coefficient (Wildman–Crippen LogP) is 2.83. The number of rotatable bonds is 3. The highest BCUT2D eigenvalue weighted by Gasteiger charge is 2.14. The van der Waals surface area contributed by atoms with Crippen LogP contribution in [0, 0.1) is 0 Å². The average Bonchev–Trinajstić information content (AvgIpc) is 2.39. The first-order valence-corrected chi connectivity index (χ1v) is 5.52. The second-order valence-electron chi connectivity index (χ2n) is 3.55. The normalized spacial score (nSPS) is 12.2. The first-order chi connectivity index (χ1) is 8.22. The van der Waals surface area contributed by atoms with E-state index in [2.05, 4.69) is 4.98 Å². The second-order valence-corrected chi connectivity index (χ2v) is 3.95. The predicted molar refractivity (Wildman–Crippen MR) is 66.3 cm³/mol. The van der Waals surface area contributed by atoms with Crippen molar-refractivity contribution in [3.8, 4) is 5.75 Å². The molecule has 17 heavy (non-hydrogen) atoms. The maximum absolute atomic E-state index is 10.1. The van der Waals surface area contributed by atoms with Gasteiger partial charge in [0.2, 0.25) is 0 Å². The fourth-order valence-electron chi connectivity index (χ4n) is 1.54. The third-order valence-electron chi connectivity index (χ3n) is 2.48. The zero-order valence-corrected chi connectivity index (χ0v) is 10.1. The first-order valence-electron chi connectivity index (χ1n) is 5.15. The summed E-state index contributed by atoms with van der Waals surface area (Å²) in [7, 11) is 1.60. The number of hydrogen-bond donors (Lipinski definition) is 1. The Morgan fingerprint density at radius 3 is 2.53 bits per heavy atom. The molecule has 0 spiro atoms. The Morgan fingerprint density at radius 1 is 1.24 bits per heavy atom. The maximum atomic E-state index is 10.1. The van der Waals surface area contributed by atoms with Crippen molar-refractivity contribution >= 4 is 11.6 Å². The molecule has 2 aromatic rings. The molecule has 2 rings (SSSR count). The Kier molecular flexibility index (Phi) is 3.61. The number of aromatic nitrogens is 1. The minimum Gasteiger partial charge on any atom is -0.497 e. The van der Waals surface area contributed by atoms with E-state index in [0.29, 0.717) is 10.7 Å². The summed E-state index contributed by atoms with van der Waals surface area (Å²) >= 11 is 5.98. The minimum absolute atomic E-state index is 0.454. The van der Waals surface area contributed by atoms with Gasteiger partial charge >= 0.3 is 0 Å². The van der Waals surface area contributed by atoms with Crippen LogP contribution < -0.4 is 4.74 Å². The summed E-state index contributed by atoms with van der Waals surface area (Å²) in [4.78, 5) is 4.08. The Balaban J connectivity index is 2.30. The maximum Gasteiger partial charge on any atom is 0.122 e. The molecule has 4 heteroatoms. The topological polar surface area (TPSA) is 42.4 Å². The van der Waals surface area contributed by atoms with Gasteiger partial charge in [0.1, 0.15) is 11.9 Å². The van der Waals surface area contributed by atoms with E-state index in [4.69, 9.17) is 16.3 Å². The van der Waals surface area contributed by atoms with E-state index in [-0.39, 0.29) is 0 Å². The standard InChI is InChI=1S/C13H12ClNO2/c1-17-10-6-4-9(5-7-10)13(16)12-11(14)3-2-8-15-12/h2-8,13,16H,1H3. The molecule has 0 saturated heterocycles. The van der Waals surface area contributed by atoms with Crippen molar-refractivity contribution in [1.82, 2.24) is 4.98 Å². The van der Waals surface area contributed by atoms with Gasteiger partial charge in [-0.25, -0.2) is 0 Å². The third kappa shape index (κ3) is 2.57. The largest absolute Gasteiger partial charge is 0.497 e. The molecule has 0 aliphatic rings. The van der Waals surface area contributed by atoms with Crippen LogP contribution in [-0.2, 0) is 0 Å². The van der Waals surface area contributed by atoms with Crippen molar-refractivity contribution in [2.45, 2.75) is 6.10 Å². The number of pyridine rings is 1. The van der Waals surface area contributed by atoms with Crippen molar-refractivity contribution in [2.75, 3.05) is 7.11 Å². The van der Waals surface area contributed by atoms with E-state index >= 15 is 0 Å². The highest BCUT2D eigenvalue weighted by molar-refractivity contribution is 6.31. The summed E-state index contributed by atoms with van der Waals surface area (Å²) < 4.78 is 5.06. The number of aliphatic hydroxyl groups excluding tert-OH is 1. The van der Waals surface area contributed by atoms with Crippen LogP contribution in [0.2, 0.25) is 5.02 Å². The lowest BCUT2D eigenvalue weighted by molar-refractivity contribution is 0.215. The summed E-state index contributed by atoms with van der Waals surface area (Å²) in [6, 6.07) is 10.6. The van der Waals surface area contributed by atoms with Gasteiger partial charge in [-0.3, -0.25) is 4.98 Å². The zero-order chi connectivity index (χ0) is 12.3. The van der Waals surface area contributed by atoms with Crippen LogP contribution in [0.1, 0.15) is 17.4 Å². The number of hydrogen-bond acceptors (Lipinski definition) is 3. The summed E-state index contributed by atoms with van der Waals surface area (Å²) in [6.45, 7) is 0. The molecule has 0 aliphatic carbocycles. The van der Waals surface area contributed by atoms with Crippen molar-refractivity contribution in [3.05, 3.63) is 58.9 Å². The van der Waals surface area contributed by atoms with Crippen molar-refractivity contribution in [3.63, 3.8) is 0 Å². The van der Waals surface area contributed by atoms with Crippen LogP contribution >= 0.6 is 11.6 Å². The van der Waals surface area contributed by atoms with Crippen molar-refractivity contribution < 1.29 is 9.84 Å². The summed E-state index contributed by atoms with van der Waals surface area (Å²) in [6.07, 6.45) is 0.781. The van der Waals surface area contributed by atoms with Crippen LogP contribution in [-0.4, -0.2) is 17.2 Å². The van der Waals surface area contributed by atoms with Crippen LogP contribution in [0.5, 0.6) is 5.75 Å². The van der Waals surface area contributed by atoms with E-state index in [1.165, 1.54) is 0 Å². The van der Waals surface area contributed by atoms with Gasteiger partial charge in [0.15, 0.2) is 0 Å². The number of benzene rings is 1. The van der Waals surface area contributed by atoms with Crippen LogP contribution in [0.4, 0.5) is 0 Å². The number of methoxy groups -OCH3 is 1. The molecule has 0 aliphatic heterocycles. The van der Waals surface area contributed by atoms with E-state index in [0.717, 1.165) is 11.3 Å². The molecule has 0 fully saturated rings. The van der Waals surface area contributed by atoms with Gasteiger partial charge < -0.3 is 9.84 Å². The van der Waals surface area contributed by atoms with Crippen molar-refractivity contribution in [2.24, 2.45) is 0 Å². The highest BCUT2D eigenvalue weighted by atomic mass is 35.5. The fraction of sp³-hybridized carbons (Fsp3) is 0.154. The molecular formula is C13H12ClNO2. The molecule has 88 valence electrons. The van der Waals surface area contributed by atoms with Gasteiger partial charge in [-0.15, -0.1) is 0 Å². The van der Waals surface area contributed by atoms with E-state index in [9.17, 15) is 5.11 Å². The second kappa shape index (κ2) is 5.17. The lowest BCUT2D eigenvalue weighted by Crippen LogP contribution is -2.02. The minimum atomic E-state index is -0.824. The monoisotopic (exact) mass is 249 g/mol. The van der Waals surface area contributed by atoms with E-state index in [1.54, 1.807) is 49.7 Å². The summed E-state index contributed by atoms with van der Waals surface area (Å²) in [5.74, 6) is 0.744. The molecule has 0 amide bonds. The number of ether oxygens (including phenoxy) is 1. The van der Waals surface area contributed by atoms with Gasteiger partial charge in [0, 0.05) is 6.20 Å². The SMILES string of the molecule is COc1ccc(C(O)c2ncccc2Cl)cc1.